The van der Waals surface area contributed by atoms with E-state index in [1.54, 1.807) is 11.3 Å². The van der Waals surface area contributed by atoms with Gasteiger partial charge >= 0.3 is 0 Å². The molecule has 216 valence electrons. The molecule has 0 fully saturated rings. The van der Waals surface area contributed by atoms with Crippen LogP contribution in [0.1, 0.15) is 0 Å². The second-order valence-corrected chi connectivity index (χ2v) is 12.1. The monoisotopic (exact) mass is 608 g/mol. The van der Waals surface area contributed by atoms with Crippen LogP contribution in [-0.2, 0) is 0 Å². The van der Waals surface area contributed by atoms with Crippen molar-refractivity contribution >= 4 is 43.5 Å². The first-order valence-corrected chi connectivity index (χ1v) is 15.9. The van der Waals surface area contributed by atoms with Crippen LogP contribution in [0.15, 0.2) is 150 Å². The third-order valence-corrected chi connectivity index (χ3v) is 9.26. The molecule has 0 unspecified atom stereocenters. The van der Waals surface area contributed by atoms with Gasteiger partial charge in [0.25, 0.3) is 0 Å². The summed E-state index contributed by atoms with van der Waals surface area (Å²) in [6.07, 6.45) is 0. The summed E-state index contributed by atoms with van der Waals surface area (Å²) >= 11 is 1.71. The highest BCUT2D eigenvalue weighted by atomic mass is 32.1. The van der Waals surface area contributed by atoms with Crippen LogP contribution in [0.4, 0.5) is 0 Å². The molecule has 6 aromatic carbocycles. The van der Waals surface area contributed by atoms with Gasteiger partial charge in [0, 0.05) is 38.6 Å². The van der Waals surface area contributed by atoms with Gasteiger partial charge in [-0.3, -0.25) is 0 Å². The number of aromatic nitrogens is 4. The third kappa shape index (κ3) is 4.55. The van der Waals surface area contributed by atoms with Crippen LogP contribution in [0.25, 0.3) is 88.0 Å². The Morgan fingerprint density at radius 2 is 1.04 bits per heavy atom. The Morgan fingerprint density at radius 1 is 0.435 bits per heavy atom. The summed E-state index contributed by atoms with van der Waals surface area (Å²) in [4.78, 5) is 19.9. The fourth-order valence-corrected chi connectivity index (χ4v) is 6.99. The number of benzene rings is 6. The molecule has 6 heteroatoms. The van der Waals surface area contributed by atoms with E-state index in [0.717, 1.165) is 70.5 Å². The van der Waals surface area contributed by atoms with Crippen molar-refractivity contribution in [3.8, 4) is 55.9 Å². The van der Waals surface area contributed by atoms with E-state index < -0.39 is 0 Å². The van der Waals surface area contributed by atoms with E-state index in [2.05, 4.69) is 54.6 Å². The molecule has 9 rings (SSSR count). The molecule has 0 bridgehead atoms. The van der Waals surface area contributed by atoms with Crippen molar-refractivity contribution in [1.82, 2.24) is 19.9 Å². The van der Waals surface area contributed by atoms with Gasteiger partial charge < -0.3 is 4.42 Å². The summed E-state index contributed by atoms with van der Waals surface area (Å²) in [5.74, 6) is 1.86. The number of nitrogens with zero attached hydrogens (tertiary/aromatic N) is 4. The molecular weight excluding hydrogens is 585 g/mol. The summed E-state index contributed by atoms with van der Waals surface area (Å²) in [6, 6.07) is 49.2. The van der Waals surface area contributed by atoms with E-state index in [0.29, 0.717) is 17.5 Å². The van der Waals surface area contributed by atoms with Crippen molar-refractivity contribution in [1.29, 1.82) is 0 Å². The molecule has 3 aromatic heterocycles. The van der Waals surface area contributed by atoms with Gasteiger partial charge in [0.2, 0.25) is 0 Å². The molecule has 0 radical (unpaired) electrons. The van der Waals surface area contributed by atoms with Gasteiger partial charge in [0.05, 0.1) is 10.2 Å². The average Bonchev–Trinajstić information content (AvgIpc) is 3.74. The highest BCUT2D eigenvalue weighted by molar-refractivity contribution is 7.21. The first-order valence-electron chi connectivity index (χ1n) is 15.1. The van der Waals surface area contributed by atoms with Crippen LogP contribution in [0.5, 0.6) is 0 Å². The molecule has 0 N–H and O–H groups in total. The minimum Gasteiger partial charge on any atom is -0.456 e. The van der Waals surface area contributed by atoms with E-state index in [9.17, 15) is 0 Å². The van der Waals surface area contributed by atoms with E-state index in [4.69, 9.17) is 24.4 Å². The molecule has 0 saturated heterocycles. The predicted molar refractivity (Wildman–Crippen MR) is 187 cm³/mol. The second kappa shape index (κ2) is 10.9. The van der Waals surface area contributed by atoms with Crippen molar-refractivity contribution in [2.75, 3.05) is 0 Å². The van der Waals surface area contributed by atoms with Gasteiger partial charge in [-0.2, -0.15) is 0 Å². The molecule has 0 aliphatic heterocycles. The standard InChI is InChI=1S/C40H24N4OS/c1-4-12-25(13-5-1)37-42-38(26-14-6-2-7-15-26)44-39(43-37)31-19-10-20-32-35(31)30-23-22-28(24-33(30)45-32)29-18-11-21-34-36(29)41-40(46-34)27-16-8-3-9-17-27/h1-24H. The van der Waals surface area contributed by atoms with E-state index in [-0.39, 0.29) is 0 Å². The fraction of sp³-hybridized carbons (Fsp3) is 0. The van der Waals surface area contributed by atoms with Crippen LogP contribution < -0.4 is 0 Å². The van der Waals surface area contributed by atoms with Crippen molar-refractivity contribution in [3.63, 3.8) is 0 Å². The van der Waals surface area contributed by atoms with Crippen LogP contribution in [0, 0.1) is 0 Å². The Balaban J connectivity index is 1.20. The molecule has 0 aliphatic carbocycles. The Kier molecular flexibility index (Phi) is 6.25. The minimum atomic E-state index is 0.603. The van der Waals surface area contributed by atoms with Gasteiger partial charge in [-0.1, -0.05) is 121 Å². The zero-order valence-corrected chi connectivity index (χ0v) is 25.3. The van der Waals surface area contributed by atoms with Crippen LogP contribution in [0.2, 0.25) is 0 Å². The maximum Gasteiger partial charge on any atom is 0.164 e. The second-order valence-electron chi connectivity index (χ2n) is 11.1. The fourth-order valence-electron chi connectivity index (χ4n) is 5.99. The highest BCUT2D eigenvalue weighted by Crippen LogP contribution is 2.40. The van der Waals surface area contributed by atoms with Crippen molar-refractivity contribution in [2.24, 2.45) is 0 Å². The lowest BCUT2D eigenvalue weighted by atomic mass is 10.0. The summed E-state index contributed by atoms with van der Waals surface area (Å²) < 4.78 is 7.66. The quantitative estimate of drug-likeness (QED) is 0.194. The van der Waals surface area contributed by atoms with Gasteiger partial charge in [0.15, 0.2) is 17.5 Å². The molecule has 0 atom stereocenters. The summed E-state index contributed by atoms with van der Waals surface area (Å²) in [6.45, 7) is 0. The predicted octanol–water partition coefficient (Wildman–Crippen LogP) is 10.7. The van der Waals surface area contributed by atoms with E-state index in [1.165, 1.54) is 0 Å². The molecule has 0 saturated carbocycles. The van der Waals surface area contributed by atoms with Gasteiger partial charge in [-0.25, -0.2) is 19.9 Å². The number of furan rings is 1. The highest BCUT2D eigenvalue weighted by Gasteiger charge is 2.19. The topological polar surface area (TPSA) is 64.7 Å². The average molecular weight is 609 g/mol. The molecule has 9 aromatic rings. The Bertz CT molecular complexity index is 2470. The van der Waals surface area contributed by atoms with E-state index in [1.807, 2.05) is 91.0 Å². The molecule has 0 amide bonds. The lowest BCUT2D eigenvalue weighted by molar-refractivity contribution is 0.669. The maximum absolute atomic E-state index is 6.50. The minimum absolute atomic E-state index is 0.603. The smallest absolute Gasteiger partial charge is 0.164 e. The largest absolute Gasteiger partial charge is 0.456 e. The van der Waals surface area contributed by atoms with Gasteiger partial charge in [-0.05, 0) is 29.8 Å². The Hall–Kier alpha value is -5.98. The van der Waals surface area contributed by atoms with Crippen molar-refractivity contribution in [3.05, 3.63) is 146 Å². The summed E-state index contributed by atoms with van der Waals surface area (Å²) in [5, 5.41) is 3.00. The first kappa shape index (κ1) is 26.4. The zero-order valence-electron chi connectivity index (χ0n) is 24.5. The van der Waals surface area contributed by atoms with Gasteiger partial charge in [-0.15, -0.1) is 11.3 Å². The van der Waals surface area contributed by atoms with Crippen molar-refractivity contribution in [2.45, 2.75) is 0 Å². The molecule has 5 nitrogen and oxygen atoms in total. The molecule has 0 aliphatic rings. The molecular formula is C40H24N4OS. The lowest BCUT2D eigenvalue weighted by Crippen LogP contribution is -2.00. The molecule has 0 spiro atoms. The van der Waals surface area contributed by atoms with Crippen LogP contribution in [0.3, 0.4) is 0 Å². The number of hydrogen-bond donors (Lipinski definition) is 0. The molecule has 46 heavy (non-hydrogen) atoms. The number of fused-ring (bicyclic) bond motifs is 4. The zero-order chi connectivity index (χ0) is 30.5. The van der Waals surface area contributed by atoms with Gasteiger partial charge in [0.1, 0.15) is 16.2 Å². The van der Waals surface area contributed by atoms with E-state index >= 15 is 0 Å². The lowest BCUT2D eigenvalue weighted by Gasteiger charge is -2.09. The number of rotatable bonds is 5. The Labute approximate surface area is 268 Å². The summed E-state index contributed by atoms with van der Waals surface area (Å²) in [5.41, 5.74) is 8.61. The number of hydrogen-bond acceptors (Lipinski definition) is 6. The number of para-hydroxylation sites is 1. The van der Waals surface area contributed by atoms with Crippen molar-refractivity contribution < 1.29 is 4.42 Å². The maximum atomic E-state index is 6.50. The number of thiazole rings is 1. The SMILES string of the molecule is c1ccc(-c2nc(-c3ccccc3)nc(-c3cccc4oc5cc(-c6cccc7sc(-c8ccccc8)nc67)ccc5c34)n2)cc1. The first-order chi connectivity index (χ1) is 22.8. The summed E-state index contributed by atoms with van der Waals surface area (Å²) in [7, 11) is 0. The normalized spacial score (nSPS) is 11.5. The molecule has 3 heterocycles. The third-order valence-electron chi connectivity index (χ3n) is 8.19. The Morgan fingerprint density at radius 3 is 1.74 bits per heavy atom. The van der Waals surface area contributed by atoms with Crippen LogP contribution in [-0.4, -0.2) is 19.9 Å². The van der Waals surface area contributed by atoms with Crippen LogP contribution >= 0.6 is 11.3 Å².